The van der Waals surface area contributed by atoms with E-state index < -0.39 is 0 Å². The van der Waals surface area contributed by atoms with Gasteiger partial charge in [0.15, 0.2) is 0 Å². The van der Waals surface area contributed by atoms with E-state index in [1.807, 2.05) is 18.2 Å². The molecule has 5 aliphatic rings. The monoisotopic (exact) mass is 428 g/mol. The van der Waals surface area contributed by atoms with Gasteiger partial charge in [0.05, 0.1) is 24.6 Å². The summed E-state index contributed by atoms with van der Waals surface area (Å²) in [5.74, 6) is 0.752. The van der Waals surface area contributed by atoms with Crippen molar-refractivity contribution in [1.82, 2.24) is 4.90 Å². The van der Waals surface area contributed by atoms with E-state index in [0.717, 1.165) is 6.42 Å². The van der Waals surface area contributed by atoms with Crippen LogP contribution in [0.1, 0.15) is 16.8 Å². The van der Waals surface area contributed by atoms with Gasteiger partial charge in [-0.2, -0.15) is 0 Å². The third-order valence-corrected chi connectivity index (χ3v) is 7.68. The summed E-state index contributed by atoms with van der Waals surface area (Å²) >= 11 is 0. The van der Waals surface area contributed by atoms with Crippen LogP contribution in [0.25, 0.3) is 0 Å². The fourth-order valence-corrected chi connectivity index (χ4v) is 6.14. The number of hydrogen-bond acceptors (Lipinski definition) is 4. The maximum atomic E-state index is 13.5. The summed E-state index contributed by atoms with van der Waals surface area (Å²) in [6.45, 7) is -0.118. The number of nitrogens with zero attached hydrogens (tertiary/aromatic N) is 2. The minimum Gasteiger partial charge on any atom is -0.495 e. The molecular formula is C26H24N2O4. The highest BCUT2D eigenvalue weighted by atomic mass is 16.5. The molecule has 2 saturated carbocycles. The van der Waals surface area contributed by atoms with Crippen molar-refractivity contribution in [2.24, 2.45) is 35.5 Å². The van der Waals surface area contributed by atoms with Gasteiger partial charge < -0.3 is 4.74 Å². The topological polar surface area (TPSA) is 66.9 Å². The van der Waals surface area contributed by atoms with Crippen molar-refractivity contribution >= 4 is 23.4 Å². The first-order chi connectivity index (χ1) is 15.6. The van der Waals surface area contributed by atoms with Crippen LogP contribution in [0.4, 0.5) is 5.69 Å². The van der Waals surface area contributed by atoms with Crippen LogP contribution in [-0.4, -0.2) is 36.4 Å². The van der Waals surface area contributed by atoms with Crippen molar-refractivity contribution < 1.29 is 19.1 Å². The van der Waals surface area contributed by atoms with Gasteiger partial charge in [0, 0.05) is 5.56 Å². The first-order valence-corrected chi connectivity index (χ1v) is 11.1. The van der Waals surface area contributed by atoms with Crippen LogP contribution in [0, 0.1) is 35.5 Å². The number of hydrogen-bond donors (Lipinski definition) is 0. The Labute approximate surface area is 186 Å². The molecule has 162 valence electrons. The second kappa shape index (κ2) is 7.05. The average molecular weight is 428 g/mol. The highest BCUT2D eigenvalue weighted by Gasteiger charge is 2.67. The second-order valence-electron chi connectivity index (χ2n) is 9.17. The molecule has 0 aromatic heterocycles. The number of ether oxygens (including phenoxy) is 1. The highest BCUT2D eigenvalue weighted by molar-refractivity contribution is 6.10. The molecule has 0 radical (unpaired) electrons. The Morgan fingerprint density at radius 3 is 2.16 bits per heavy atom. The summed E-state index contributed by atoms with van der Waals surface area (Å²) in [7, 11) is 1.54. The Morgan fingerprint density at radius 1 is 0.938 bits per heavy atom. The number of amides is 3. The predicted octanol–water partition coefficient (Wildman–Crippen LogP) is 3.35. The number of carbonyl (C=O) groups is 3. The molecule has 0 N–H and O–H groups in total. The zero-order valence-electron chi connectivity index (χ0n) is 17.8. The third kappa shape index (κ3) is 2.68. The summed E-state index contributed by atoms with van der Waals surface area (Å²) in [5.41, 5.74) is 1.01. The highest BCUT2D eigenvalue weighted by Crippen LogP contribution is 2.65. The van der Waals surface area contributed by atoms with Gasteiger partial charge in [-0.1, -0.05) is 42.5 Å². The molecule has 2 bridgehead atoms. The summed E-state index contributed by atoms with van der Waals surface area (Å²) in [5, 5.41) is 0. The molecule has 1 aliphatic heterocycles. The zero-order valence-corrected chi connectivity index (χ0v) is 17.8. The summed E-state index contributed by atoms with van der Waals surface area (Å²) in [6.07, 6.45) is 5.43. The number of rotatable bonds is 5. The van der Waals surface area contributed by atoms with Crippen molar-refractivity contribution in [3.63, 3.8) is 0 Å². The fourth-order valence-electron chi connectivity index (χ4n) is 6.14. The van der Waals surface area contributed by atoms with Crippen molar-refractivity contribution in [2.45, 2.75) is 6.42 Å². The minimum atomic E-state index is -0.285. The summed E-state index contributed by atoms with van der Waals surface area (Å²) in [4.78, 5) is 43.3. The predicted molar refractivity (Wildman–Crippen MR) is 118 cm³/mol. The van der Waals surface area contributed by atoms with Gasteiger partial charge in [-0.3, -0.25) is 24.2 Å². The van der Waals surface area contributed by atoms with Crippen LogP contribution < -0.4 is 9.64 Å². The lowest BCUT2D eigenvalue weighted by Crippen LogP contribution is -2.45. The van der Waals surface area contributed by atoms with E-state index in [0.29, 0.717) is 28.8 Å². The van der Waals surface area contributed by atoms with E-state index in [1.54, 1.807) is 43.5 Å². The molecule has 3 amide bonds. The molecule has 32 heavy (non-hydrogen) atoms. The van der Waals surface area contributed by atoms with Crippen LogP contribution in [-0.2, 0) is 9.59 Å². The number of carbonyl (C=O) groups excluding carboxylic acids is 3. The fraction of sp³-hybridized carbons (Fsp3) is 0.346. The van der Waals surface area contributed by atoms with Gasteiger partial charge in [0.2, 0.25) is 11.8 Å². The molecular weight excluding hydrogens is 404 g/mol. The minimum absolute atomic E-state index is 0.118. The molecule has 1 saturated heterocycles. The molecule has 0 unspecified atom stereocenters. The Kier molecular flexibility index (Phi) is 4.25. The Morgan fingerprint density at radius 2 is 1.53 bits per heavy atom. The quantitative estimate of drug-likeness (QED) is 0.541. The van der Waals surface area contributed by atoms with Gasteiger partial charge in [0.1, 0.15) is 12.4 Å². The largest absolute Gasteiger partial charge is 0.495 e. The molecule has 2 aromatic rings. The first-order valence-electron chi connectivity index (χ1n) is 11.1. The van der Waals surface area contributed by atoms with Gasteiger partial charge in [-0.05, 0) is 54.4 Å². The number of imide groups is 1. The number of benzene rings is 2. The second-order valence-corrected chi connectivity index (χ2v) is 9.17. The van der Waals surface area contributed by atoms with Crippen LogP contribution >= 0.6 is 0 Å². The Hall–Kier alpha value is -3.41. The van der Waals surface area contributed by atoms with E-state index >= 15 is 0 Å². The number of para-hydroxylation sites is 2. The molecule has 7 rings (SSSR count). The van der Waals surface area contributed by atoms with Crippen LogP contribution in [0.15, 0.2) is 66.7 Å². The molecule has 3 fully saturated rings. The molecule has 6 nitrogen and oxygen atoms in total. The molecule has 4 aliphatic carbocycles. The lowest BCUT2D eigenvalue weighted by Gasteiger charge is -2.37. The van der Waals surface area contributed by atoms with Gasteiger partial charge in [-0.25, -0.2) is 0 Å². The Balaban J connectivity index is 1.36. The van der Waals surface area contributed by atoms with Crippen molar-refractivity contribution in [3.05, 3.63) is 72.3 Å². The van der Waals surface area contributed by atoms with Crippen molar-refractivity contribution in [2.75, 3.05) is 18.7 Å². The zero-order chi connectivity index (χ0) is 22.0. The number of anilines is 1. The van der Waals surface area contributed by atoms with Crippen LogP contribution in [0.3, 0.4) is 0 Å². The maximum Gasteiger partial charge on any atom is 0.259 e. The number of methoxy groups -OCH3 is 1. The molecule has 2 aromatic carbocycles. The SMILES string of the molecule is COc1ccccc1N(CN1C(=O)[C@@H]2[C@H]3C=C[C@@H]([C@@H]4C[C@@H]34)[C@H]2C1=O)C(=O)c1ccccc1. The Bertz CT molecular complexity index is 1110. The summed E-state index contributed by atoms with van der Waals surface area (Å²) in [6, 6.07) is 16.1. The first kappa shape index (κ1) is 19.3. The van der Waals surface area contributed by atoms with Crippen LogP contribution in [0.2, 0.25) is 0 Å². The van der Waals surface area contributed by atoms with E-state index in [1.165, 1.54) is 9.80 Å². The standard InChI is InChI=1S/C26H24N2O4/c1-32-21-10-6-5-9-20(21)27(24(29)15-7-3-2-4-8-15)14-28-25(30)22-16-11-12-17(19-13-18(16)19)23(22)26(28)31/h2-12,16-19,22-23H,13-14H2,1H3/t16-,17-,18-,19-,22+,23+/m0/s1. The van der Waals surface area contributed by atoms with Crippen molar-refractivity contribution in [3.8, 4) is 5.75 Å². The maximum absolute atomic E-state index is 13.5. The van der Waals surface area contributed by atoms with E-state index in [4.69, 9.17) is 4.74 Å². The van der Waals surface area contributed by atoms with Gasteiger partial charge >= 0.3 is 0 Å². The summed E-state index contributed by atoms with van der Waals surface area (Å²) < 4.78 is 5.50. The number of allylic oxidation sites excluding steroid dienone is 2. The smallest absolute Gasteiger partial charge is 0.259 e. The third-order valence-electron chi connectivity index (χ3n) is 7.68. The van der Waals surface area contributed by atoms with E-state index in [-0.39, 0.29) is 48.1 Å². The van der Waals surface area contributed by atoms with E-state index in [9.17, 15) is 14.4 Å². The van der Waals surface area contributed by atoms with Crippen LogP contribution in [0.5, 0.6) is 5.75 Å². The van der Waals surface area contributed by atoms with Gasteiger partial charge in [-0.15, -0.1) is 0 Å². The van der Waals surface area contributed by atoms with E-state index in [2.05, 4.69) is 12.2 Å². The molecule has 6 heteroatoms. The molecule has 0 spiro atoms. The normalized spacial score (nSPS) is 31.3. The van der Waals surface area contributed by atoms with Crippen molar-refractivity contribution in [1.29, 1.82) is 0 Å². The average Bonchev–Trinajstić information content (AvgIpc) is 3.62. The molecule has 6 atom stereocenters. The lowest BCUT2D eigenvalue weighted by atomic mass is 9.63. The number of likely N-dealkylation sites (tertiary alicyclic amines) is 1. The molecule has 1 heterocycles. The van der Waals surface area contributed by atoms with Gasteiger partial charge in [0.25, 0.3) is 5.91 Å². The lowest BCUT2D eigenvalue weighted by molar-refractivity contribution is -0.140.